The molecule has 0 N–H and O–H groups in total. The van der Waals surface area contributed by atoms with Crippen molar-refractivity contribution in [2.75, 3.05) is 6.61 Å². The number of carbonyl (C=O) groups excluding carboxylic acids is 1. The number of fused-ring (bicyclic) bond motifs is 3. The van der Waals surface area contributed by atoms with Crippen molar-refractivity contribution in [3.05, 3.63) is 76.8 Å². The first kappa shape index (κ1) is 20.7. The highest BCUT2D eigenvalue weighted by atomic mass is 16.5. The van der Waals surface area contributed by atoms with Crippen LogP contribution in [-0.4, -0.2) is 23.3 Å². The number of aliphatic imine (C=N–C) groups is 1. The van der Waals surface area contributed by atoms with Gasteiger partial charge in [-0.1, -0.05) is 30.7 Å². The van der Waals surface area contributed by atoms with E-state index in [4.69, 9.17) is 19.5 Å². The fraction of sp³-hybridized carbons (Fsp3) is 0.370. The predicted octanol–water partition coefficient (Wildman–Crippen LogP) is 5.82. The van der Waals surface area contributed by atoms with E-state index in [1.807, 2.05) is 37.3 Å². The van der Waals surface area contributed by atoms with Crippen molar-refractivity contribution in [3.63, 3.8) is 0 Å². The molecule has 5 rings (SSSR count). The van der Waals surface area contributed by atoms with Crippen molar-refractivity contribution in [3.8, 4) is 0 Å². The maximum atomic E-state index is 12.1. The van der Waals surface area contributed by atoms with Crippen LogP contribution in [0.5, 0.6) is 0 Å². The van der Waals surface area contributed by atoms with Gasteiger partial charge in [0.2, 0.25) is 0 Å². The lowest BCUT2D eigenvalue weighted by atomic mass is 9.89. The first-order chi connectivity index (χ1) is 15.7. The molecule has 2 heterocycles. The third-order valence-corrected chi connectivity index (χ3v) is 6.39. The summed E-state index contributed by atoms with van der Waals surface area (Å²) in [5.74, 6) is 0.860. The molecule has 1 aromatic carbocycles. The van der Waals surface area contributed by atoms with Crippen LogP contribution in [0.4, 0.5) is 0 Å². The largest absolute Gasteiger partial charge is 0.488 e. The summed E-state index contributed by atoms with van der Waals surface area (Å²) in [5.41, 5.74) is 6.62. The molecule has 2 aliphatic carbocycles. The monoisotopic (exact) mass is 428 g/mol. The minimum Gasteiger partial charge on any atom is -0.488 e. The second kappa shape index (κ2) is 9.11. The van der Waals surface area contributed by atoms with Gasteiger partial charge in [0.25, 0.3) is 0 Å². The molecule has 0 saturated heterocycles. The van der Waals surface area contributed by atoms with E-state index in [2.05, 4.69) is 18.2 Å². The molecule has 1 fully saturated rings. The zero-order chi connectivity index (χ0) is 21.9. The van der Waals surface area contributed by atoms with Crippen molar-refractivity contribution in [1.82, 2.24) is 4.98 Å². The summed E-state index contributed by atoms with van der Waals surface area (Å²) >= 11 is 0. The highest BCUT2D eigenvalue weighted by Crippen LogP contribution is 2.41. The Bertz CT molecular complexity index is 1170. The van der Waals surface area contributed by atoms with Gasteiger partial charge in [0.05, 0.1) is 29.9 Å². The predicted molar refractivity (Wildman–Crippen MR) is 125 cm³/mol. The number of carbonyl (C=O) groups is 1. The van der Waals surface area contributed by atoms with Crippen molar-refractivity contribution < 1.29 is 14.3 Å². The average Bonchev–Trinajstić information content (AvgIpc) is 3.06. The number of aromatic nitrogens is 1. The Morgan fingerprint density at radius 1 is 1.12 bits per heavy atom. The van der Waals surface area contributed by atoms with E-state index in [-0.39, 0.29) is 11.9 Å². The second-order valence-corrected chi connectivity index (χ2v) is 8.53. The maximum Gasteiger partial charge on any atom is 0.306 e. The smallest absolute Gasteiger partial charge is 0.306 e. The molecule has 0 amide bonds. The van der Waals surface area contributed by atoms with Gasteiger partial charge < -0.3 is 9.47 Å². The molecule has 32 heavy (non-hydrogen) atoms. The van der Waals surface area contributed by atoms with E-state index < -0.39 is 0 Å². The molecule has 2 aromatic rings. The normalized spacial score (nSPS) is 20.0. The van der Waals surface area contributed by atoms with Crippen molar-refractivity contribution >= 4 is 22.6 Å². The van der Waals surface area contributed by atoms with E-state index in [0.29, 0.717) is 19.6 Å². The van der Waals surface area contributed by atoms with Crippen LogP contribution < -0.4 is 0 Å². The van der Waals surface area contributed by atoms with Gasteiger partial charge in [-0.3, -0.25) is 9.79 Å². The fourth-order valence-corrected chi connectivity index (χ4v) is 4.83. The lowest BCUT2D eigenvalue weighted by molar-refractivity contribution is -0.143. The Balaban J connectivity index is 1.31. The summed E-state index contributed by atoms with van der Waals surface area (Å²) in [4.78, 5) is 21.8. The zero-order valence-electron chi connectivity index (χ0n) is 18.5. The molecule has 0 bridgehead atoms. The standard InChI is InChI=1S/C27H28N2O3/c1-2-31-26(30)15-19-8-3-5-9-23-22-14-13-21(16-25(22)29-27(19)23)32-17-20-12-11-18-7-4-6-10-24(18)28-20/h4,6-7,10-13,16,19H,2-3,5,8-9,14-15,17H2,1H3. The van der Waals surface area contributed by atoms with Crippen LogP contribution in [-0.2, 0) is 20.9 Å². The van der Waals surface area contributed by atoms with E-state index >= 15 is 0 Å². The number of allylic oxidation sites excluding steroid dienone is 4. The van der Waals surface area contributed by atoms with Gasteiger partial charge in [-0.15, -0.1) is 0 Å². The van der Waals surface area contributed by atoms with E-state index in [0.717, 1.165) is 65.9 Å². The number of hydrogen-bond acceptors (Lipinski definition) is 5. The van der Waals surface area contributed by atoms with Gasteiger partial charge in [-0.05, 0) is 62.0 Å². The molecular weight excluding hydrogens is 400 g/mol. The van der Waals surface area contributed by atoms with Crippen LogP contribution >= 0.6 is 0 Å². The molecule has 0 spiro atoms. The lowest BCUT2D eigenvalue weighted by Crippen LogP contribution is -2.19. The molecule has 5 heteroatoms. The maximum absolute atomic E-state index is 12.1. The summed E-state index contributed by atoms with van der Waals surface area (Å²) < 4.78 is 11.3. The fourth-order valence-electron chi connectivity index (χ4n) is 4.83. The zero-order valence-corrected chi connectivity index (χ0v) is 18.5. The molecule has 1 aromatic heterocycles. The van der Waals surface area contributed by atoms with Gasteiger partial charge in [-0.2, -0.15) is 0 Å². The van der Waals surface area contributed by atoms with Gasteiger partial charge >= 0.3 is 5.97 Å². The molecule has 0 radical (unpaired) electrons. The number of rotatable bonds is 6. The summed E-state index contributed by atoms with van der Waals surface area (Å²) in [6.45, 7) is 2.70. The minimum atomic E-state index is -0.125. The van der Waals surface area contributed by atoms with E-state index in [1.165, 1.54) is 11.1 Å². The van der Waals surface area contributed by atoms with Crippen LogP contribution in [0.2, 0.25) is 0 Å². The Hall–Kier alpha value is -3.21. The molecule has 3 aliphatic rings. The topological polar surface area (TPSA) is 60.8 Å². The van der Waals surface area contributed by atoms with E-state index in [1.54, 1.807) is 0 Å². The molecule has 1 saturated carbocycles. The van der Waals surface area contributed by atoms with Gasteiger partial charge in [0.1, 0.15) is 12.4 Å². The molecule has 1 atom stereocenters. The van der Waals surface area contributed by atoms with Gasteiger partial charge in [-0.25, -0.2) is 4.98 Å². The van der Waals surface area contributed by atoms with Crippen LogP contribution in [0.15, 0.2) is 76.1 Å². The number of esters is 1. The summed E-state index contributed by atoms with van der Waals surface area (Å²) in [6.07, 6.45) is 9.71. The third kappa shape index (κ3) is 4.24. The first-order valence-corrected chi connectivity index (χ1v) is 11.6. The Labute approximate surface area is 188 Å². The molecule has 1 aliphatic heterocycles. The van der Waals surface area contributed by atoms with E-state index in [9.17, 15) is 4.79 Å². The van der Waals surface area contributed by atoms with Crippen LogP contribution in [0.3, 0.4) is 0 Å². The SMILES string of the molecule is CCOC(=O)CC1CCCCC2=C3CC=C(OCc4ccc5ccccc5n4)C=C3N=C21. The summed E-state index contributed by atoms with van der Waals surface area (Å²) in [6, 6.07) is 12.2. The Kier molecular flexibility index (Phi) is 5.89. The van der Waals surface area contributed by atoms with Crippen LogP contribution in [0.1, 0.15) is 51.1 Å². The highest BCUT2D eigenvalue weighted by Gasteiger charge is 2.33. The summed E-state index contributed by atoms with van der Waals surface area (Å²) in [5, 5.41) is 1.13. The van der Waals surface area contributed by atoms with Crippen LogP contribution in [0.25, 0.3) is 10.9 Å². The van der Waals surface area contributed by atoms with Crippen molar-refractivity contribution in [2.45, 2.75) is 52.1 Å². The lowest BCUT2D eigenvalue weighted by Gasteiger charge is -2.15. The van der Waals surface area contributed by atoms with Crippen molar-refractivity contribution in [2.24, 2.45) is 10.9 Å². The number of ether oxygens (including phenoxy) is 2. The first-order valence-electron chi connectivity index (χ1n) is 11.6. The number of para-hydroxylation sites is 1. The number of benzene rings is 1. The molecule has 164 valence electrons. The quantitative estimate of drug-likeness (QED) is 0.544. The summed E-state index contributed by atoms with van der Waals surface area (Å²) in [7, 11) is 0. The highest BCUT2D eigenvalue weighted by molar-refractivity contribution is 6.07. The average molecular weight is 429 g/mol. The Morgan fingerprint density at radius 2 is 2.03 bits per heavy atom. The van der Waals surface area contributed by atoms with Gasteiger partial charge in [0.15, 0.2) is 0 Å². The second-order valence-electron chi connectivity index (χ2n) is 8.53. The Morgan fingerprint density at radius 3 is 2.94 bits per heavy atom. The van der Waals surface area contributed by atoms with Crippen molar-refractivity contribution in [1.29, 1.82) is 0 Å². The number of hydrogen-bond donors (Lipinski definition) is 0. The minimum absolute atomic E-state index is 0.125. The third-order valence-electron chi connectivity index (χ3n) is 6.39. The van der Waals surface area contributed by atoms with Crippen LogP contribution in [0, 0.1) is 5.92 Å². The molecule has 1 unspecified atom stereocenters. The number of pyridine rings is 1. The molecule has 5 nitrogen and oxygen atoms in total. The number of nitrogens with zero attached hydrogens (tertiary/aromatic N) is 2. The van der Waals surface area contributed by atoms with Gasteiger partial charge in [0, 0.05) is 23.1 Å². The molecular formula is C27H28N2O3.